The summed E-state index contributed by atoms with van der Waals surface area (Å²) < 4.78 is 6.01. The van der Waals surface area contributed by atoms with Crippen LogP contribution in [0, 0.1) is 12.3 Å². The minimum Gasteiger partial charge on any atom is -0.390 e. The van der Waals surface area contributed by atoms with Crippen LogP contribution >= 0.6 is 0 Å². The lowest BCUT2D eigenvalue weighted by Gasteiger charge is -2.31. The van der Waals surface area contributed by atoms with E-state index in [0.29, 0.717) is 12.8 Å². The van der Waals surface area contributed by atoms with Crippen molar-refractivity contribution in [3.8, 4) is 12.3 Å². The molecule has 2 heteroatoms. The highest BCUT2D eigenvalue weighted by Crippen LogP contribution is 2.27. The van der Waals surface area contributed by atoms with Crippen LogP contribution in [0.15, 0.2) is 54.6 Å². The number of fused-ring (bicyclic) bond motifs is 1. The monoisotopic (exact) mass is 278 g/mol. The van der Waals surface area contributed by atoms with E-state index in [1.54, 1.807) is 0 Å². The molecule has 0 bridgehead atoms. The van der Waals surface area contributed by atoms with Crippen molar-refractivity contribution >= 4 is 0 Å². The SMILES string of the molecule is C#C[C@@H](O[C@H]1Cc2ccccc2C[C@H]1O)c1ccccc1. The average molecular weight is 278 g/mol. The van der Waals surface area contributed by atoms with E-state index in [2.05, 4.69) is 18.1 Å². The summed E-state index contributed by atoms with van der Waals surface area (Å²) in [6, 6.07) is 17.9. The fourth-order valence-corrected chi connectivity index (χ4v) is 2.82. The Kier molecular flexibility index (Phi) is 4.06. The van der Waals surface area contributed by atoms with Gasteiger partial charge in [-0.15, -0.1) is 6.42 Å². The van der Waals surface area contributed by atoms with Crippen LogP contribution in [0.1, 0.15) is 22.8 Å². The molecule has 0 amide bonds. The largest absolute Gasteiger partial charge is 0.390 e. The number of benzene rings is 2. The molecule has 0 unspecified atom stereocenters. The molecular formula is C19H18O2. The van der Waals surface area contributed by atoms with E-state index >= 15 is 0 Å². The maximum atomic E-state index is 10.3. The Morgan fingerprint density at radius 3 is 2.29 bits per heavy atom. The molecule has 1 aliphatic carbocycles. The highest BCUT2D eigenvalue weighted by molar-refractivity contribution is 5.31. The van der Waals surface area contributed by atoms with Crippen LogP contribution in [0.3, 0.4) is 0 Å². The molecule has 21 heavy (non-hydrogen) atoms. The van der Waals surface area contributed by atoms with Crippen molar-refractivity contribution in [2.24, 2.45) is 0 Å². The Bertz CT molecular complexity index is 642. The standard InChI is InChI=1S/C19H18O2/c1-2-18(14-8-4-3-5-9-14)21-19-13-16-11-7-6-10-15(16)12-17(19)20/h1,3-11,17-20H,12-13H2/t17-,18-,19+/m1/s1. The third-order valence-corrected chi connectivity index (χ3v) is 3.96. The third kappa shape index (κ3) is 3.00. The maximum absolute atomic E-state index is 10.3. The number of hydrogen-bond acceptors (Lipinski definition) is 2. The second kappa shape index (κ2) is 6.13. The van der Waals surface area contributed by atoms with Crippen LogP contribution in [-0.4, -0.2) is 17.3 Å². The molecular weight excluding hydrogens is 260 g/mol. The molecule has 0 spiro atoms. The van der Waals surface area contributed by atoms with Crippen LogP contribution in [0.5, 0.6) is 0 Å². The second-order valence-electron chi connectivity index (χ2n) is 5.38. The molecule has 2 aromatic rings. The van der Waals surface area contributed by atoms with Gasteiger partial charge in [-0.05, 0) is 16.7 Å². The first kappa shape index (κ1) is 13.9. The summed E-state index contributed by atoms with van der Waals surface area (Å²) in [6.07, 6.45) is 5.72. The lowest BCUT2D eigenvalue weighted by atomic mass is 9.87. The Hall–Kier alpha value is -2.08. The molecule has 0 fully saturated rings. The van der Waals surface area contributed by atoms with Crippen LogP contribution in [0.25, 0.3) is 0 Å². The van der Waals surface area contributed by atoms with Crippen molar-refractivity contribution in [1.82, 2.24) is 0 Å². The molecule has 0 aromatic heterocycles. The Balaban J connectivity index is 1.77. The van der Waals surface area contributed by atoms with Crippen LogP contribution in [0.2, 0.25) is 0 Å². The fourth-order valence-electron chi connectivity index (χ4n) is 2.82. The first-order valence-corrected chi connectivity index (χ1v) is 7.19. The van der Waals surface area contributed by atoms with Crippen LogP contribution < -0.4 is 0 Å². The minimum absolute atomic E-state index is 0.263. The van der Waals surface area contributed by atoms with Gasteiger partial charge in [0.05, 0.1) is 12.2 Å². The molecule has 0 aliphatic heterocycles. The minimum atomic E-state index is -0.514. The van der Waals surface area contributed by atoms with Gasteiger partial charge in [0.15, 0.2) is 0 Å². The van der Waals surface area contributed by atoms with Gasteiger partial charge in [-0.2, -0.15) is 0 Å². The number of ether oxygens (including phenoxy) is 1. The molecule has 106 valence electrons. The molecule has 3 atom stereocenters. The summed E-state index contributed by atoms with van der Waals surface area (Å²) in [5, 5.41) is 10.3. The number of aliphatic hydroxyl groups is 1. The van der Waals surface area contributed by atoms with Gasteiger partial charge in [-0.3, -0.25) is 0 Å². The van der Waals surface area contributed by atoms with Gasteiger partial charge in [0, 0.05) is 12.8 Å². The molecule has 3 rings (SSSR count). The van der Waals surface area contributed by atoms with E-state index in [4.69, 9.17) is 11.2 Å². The third-order valence-electron chi connectivity index (χ3n) is 3.96. The van der Waals surface area contributed by atoms with Gasteiger partial charge in [0.25, 0.3) is 0 Å². The van der Waals surface area contributed by atoms with Crippen molar-refractivity contribution in [3.05, 3.63) is 71.3 Å². The van der Waals surface area contributed by atoms with Crippen molar-refractivity contribution in [2.45, 2.75) is 31.2 Å². The summed E-state index contributed by atoms with van der Waals surface area (Å²) in [4.78, 5) is 0. The van der Waals surface area contributed by atoms with Gasteiger partial charge < -0.3 is 9.84 Å². The molecule has 0 radical (unpaired) electrons. The van der Waals surface area contributed by atoms with Crippen molar-refractivity contribution in [2.75, 3.05) is 0 Å². The predicted octanol–water partition coefficient (Wildman–Crippen LogP) is 2.91. The summed E-state index contributed by atoms with van der Waals surface area (Å²) in [5.41, 5.74) is 3.38. The van der Waals surface area contributed by atoms with Crippen LogP contribution in [0.4, 0.5) is 0 Å². The van der Waals surface area contributed by atoms with Crippen molar-refractivity contribution < 1.29 is 9.84 Å². The van der Waals surface area contributed by atoms with Gasteiger partial charge >= 0.3 is 0 Å². The van der Waals surface area contributed by atoms with E-state index in [9.17, 15) is 5.11 Å². The maximum Gasteiger partial charge on any atom is 0.143 e. The molecule has 0 saturated carbocycles. The highest BCUT2D eigenvalue weighted by Gasteiger charge is 2.29. The summed E-state index contributed by atoms with van der Waals surface area (Å²) in [6.45, 7) is 0. The summed E-state index contributed by atoms with van der Waals surface area (Å²) in [5.74, 6) is 2.68. The van der Waals surface area contributed by atoms with Gasteiger partial charge in [0.1, 0.15) is 6.10 Å². The second-order valence-corrected chi connectivity index (χ2v) is 5.38. The molecule has 1 N–H and O–H groups in total. The topological polar surface area (TPSA) is 29.5 Å². The summed E-state index contributed by atoms with van der Waals surface area (Å²) >= 11 is 0. The zero-order valence-electron chi connectivity index (χ0n) is 11.8. The smallest absolute Gasteiger partial charge is 0.143 e. The van der Waals surface area contributed by atoms with E-state index in [-0.39, 0.29) is 6.10 Å². The number of rotatable bonds is 3. The van der Waals surface area contributed by atoms with Crippen LogP contribution in [-0.2, 0) is 17.6 Å². The first-order chi connectivity index (χ1) is 10.3. The molecule has 0 saturated heterocycles. The zero-order chi connectivity index (χ0) is 14.7. The Morgan fingerprint density at radius 2 is 1.62 bits per heavy atom. The molecule has 2 nitrogen and oxygen atoms in total. The van der Waals surface area contributed by atoms with E-state index < -0.39 is 12.2 Å². The van der Waals surface area contributed by atoms with E-state index in [1.165, 1.54) is 11.1 Å². The van der Waals surface area contributed by atoms with Gasteiger partial charge in [-0.25, -0.2) is 0 Å². The van der Waals surface area contributed by atoms with Gasteiger partial charge in [-0.1, -0.05) is 60.5 Å². The Labute approximate surface area is 125 Å². The lowest BCUT2D eigenvalue weighted by molar-refractivity contribution is -0.0629. The predicted molar refractivity (Wildman–Crippen MR) is 82.7 cm³/mol. The average Bonchev–Trinajstić information content (AvgIpc) is 2.53. The van der Waals surface area contributed by atoms with Crippen molar-refractivity contribution in [3.63, 3.8) is 0 Å². The quantitative estimate of drug-likeness (QED) is 0.875. The number of hydrogen-bond donors (Lipinski definition) is 1. The molecule has 1 aliphatic rings. The van der Waals surface area contributed by atoms with E-state index in [0.717, 1.165) is 5.56 Å². The number of aliphatic hydroxyl groups excluding tert-OH is 1. The zero-order valence-corrected chi connectivity index (χ0v) is 11.8. The van der Waals surface area contributed by atoms with E-state index in [1.807, 2.05) is 42.5 Å². The fraction of sp³-hybridized carbons (Fsp3) is 0.263. The van der Waals surface area contributed by atoms with Gasteiger partial charge in [0.2, 0.25) is 0 Å². The number of terminal acetylenes is 1. The Morgan fingerprint density at radius 1 is 1.00 bits per heavy atom. The highest BCUT2D eigenvalue weighted by atomic mass is 16.5. The normalized spacial score (nSPS) is 22.1. The molecule has 0 heterocycles. The van der Waals surface area contributed by atoms with Crippen molar-refractivity contribution in [1.29, 1.82) is 0 Å². The summed E-state index contributed by atoms with van der Waals surface area (Å²) in [7, 11) is 0. The first-order valence-electron chi connectivity index (χ1n) is 7.19. The molecule has 2 aromatic carbocycles. The lowest BCUT2D eigenvalue weighted by Crippen LogP contribution is -2.37.